The fraction of sp³-hybridized carbons (Fsp3) is 0.278. The molecule has 0 saturated heterocycles. The number of urea groups is 1. The number of anilines is 1. The summed E-state index contributed by atoms with van der Waals surface area (Å²) in [7, 11) is 3.23. The molecule has 23 heavy (non-hydrogen) atoms. The Balaban J connectivity index is 2.01. The van der Waals surface area contributed by atoms with Crippen LogP contribution in [0.5, 0.6) is 11.5 Å². The molecule has 0 atom stereocenters. The van der Waals surface area contributed by atoms with Crippen LogP contribution in [0.3, 0.4) is 0 Å². The average Bonchev–Trinajstić information content (AvgIpc) is 2.55. The van der Waals surface area contributed by atoms with Crippen LogP contribution in [0.1, 0.15) is 19.4 Å². The van der Waals surface area contributed by atoms with Crippen molar-refractivity contribution in [2.24, 2.45) is 0 Å². The van der Waals surface area contributed by atoms with Gasteiger partial charge in [-0.3, -0.25) is 0 Å². The minimum Gasteiger partial charge on any atom is -0.497 e. The lowest BCUT2D eigenvalue weighted by Gasteiger charge is -2.27. The minimum absolute atomic E-state index is 0.268. The SMILES string of the molecule is COc1ccc(NC(=O)NC(C)(C)c2ccc(OC)cc2)cc1. The molecule has 2 N–H and O–H groups in total. The van der Waals surface area contributed by atoms with Gasteiger partial charge in [-0.25, -0.2) is 4.79 Å². The van der Waals surface area contributed by atoms with Crippen molar-refractivity contribution in [3.8, 4) is 11.5 Å². The van der Waals surface area contributed by atoms with E-state index in [1.165, 1.54) is 0 Å². The molecule has 0 aliphatic carbocycles. The Morgan fingerprint density at radius 2 is 1.35 bits per heavy atom. The third kappa shape index (κ3) is 4.39. The molecule has 5 heteroatoms. The molecule has 122 valence electrons. The van der Waals surface area contributed by atoms with Crippen LogP contribution in [0.4, 0.5) is 10.5 Å². The highest BCUT2D eigenvalue weighted by atomic mass is 16.5. The van der Waals surface area contributed by atoms with E-state index in [0.29, 0.717) is 5.69 Å². The molecule has 2 aromatic carbocycles. The number of hydrogen-bond acceptors (Lipinski definition) is 3. The number of methoxy groups -OCH3 is 2. The first-order valence-electron chi connectivity index (χ1n) is 7.32. The van der Waals surface area contributed by atoms with Crippen molar-refractivity contribution in [3.63, 3.8) is 0 Å². The van der Waals surface area contributed by atoms with Gasteiger partial charge in [0.1, 0.15) is 11.5 Å². The smallest absolute Gasteiger partial charge is 0.319 e. The summed E-state index contributed by atoms with van der Waals surface area (Å²) in [5.74, 6) is 1.53. The highest BCUT2D eigenvalue weighted by Crippen LogP contribution is 2.23. The lowest BCUT2D eigenvalue weighted by Crippen LogP contribution is -2.43. The van der Waals surface area contributed by atoms with E-state index >= 15 is 0 Å². The molecule has 0 radical (unpaired) electrons. The van der Waals surface area contributed by atoms with Gasteiger partial charge in [0.2, 0.25) is 0 Å². The van der Waals surface area contributed by atoms with E-state index in [4.69, 9.17) is 9.47 Å². The molecule has 0 spiro atoms. The summed E-state index contributed by atoms with van der Waals surface area (Å²) in [4.78, 5) is 12.2. The van der Waals surface area contributed by atoms with Crippen LogP contribution in [-0.2, 0) is 5.54 Å². The molecule has 2 aromatic rings. The molecular formula is C18H22N2O3. The lowest BCUT2D eigenvalue weighted by molar-refractivity contribution is 0.242. The van der Waals surface area contributed by atoms with Crippen molar-refractivity contribution in [2.75, 3.05) is 19.5 Å². The Kier molecular flexibility index (Phi) is 5.11. The Bertz CT molecular complexity index is 649. The second-order valence-corrected chi connectivity index (χ2v) is 5.66. The van der Waals surface area contributed by atoms with Crippen LogP contribution in [0.25, 0.3) is 0 Å². The minimum atomic E-state index is -0.511. The molecule has 0 aromatic heterocycles. The van der Waals surface area contributed by atoms with E-state index in [2.05, 4.69) is 10.6 Å². The number of nitrogens with one attached hydrogen (secondary N) is 2. The van der Waals surface area contributed by atoms with Crippen molar-refractivity contribution in [1.82, 2.24) is 5.32 Å². The third-order valence-corrected chi connectivity index (χ3v) is 3.59. The number of ether oxygens (including phenoxy) is 2. The predicted molar refractivity (Wildman–Crippen MR) is 91.2 cm³/mol. The Labute approximate surface area is 136 Å². The van der Waals surface area contributed by atoms with Gasteiger partial charge in [-0.1, -0.05) is 12.1 Å². The van der Waals surface area contributed by atoms with Crippen LogP contribution in [0.15, 0.2) is 48.5 Å². The lowest BCUT2D eigenvalue weighted by atomic mass is 9.94. The van der Waals surface area contributed by atoms with Crippen molar-refractivity contribution in [2.45, 2.75) is 19.4 Å². The van der Waals surface area contributed by atoms with Crippen molar-refractivity contribution >= 4 is 11.7 Å². The van der Waals surface area contributed by atoms with Gasteiger partial charge in [0.25, 0.3) is 0 Å². The monoisotopic (exact) mass is 314 g/mol. The molecule has 0 aliphatic rings. The van der Waals surface area contributed by atoms with Crippen LogP contribution in [0, 0.1) is 0 Å². The zero-order valence-corrected chi connectivity index (χ0v) is 13.8. The van der Waals surface area contributed by atoms with E-state index in [9.17, 15) is 4.79 Å². The number of rotatable bonds is 5. The number of carbonyl (C=O) groups excluding carboxylic acids is 1. The largest absolute Gasteiger partial charge is 0.497 e. The zero-order chi connectivity index (χ0) is 16.9. The Morgan fingerprint density at radius 1 is 0.870 bits per heavy atom. The number of hydrogen-bond donors (Lipinski definition) is 2. The molecule has 2 rings (SSSR count). The van der Waals surface area contributed by atoms with E-state index in [0.717, 1.165) is 17.1 Å². The van der Waals surface area contributed by atoms with Gasteiger partial charge in [0, 0.05) is 5.69 Å². The second-order valence-electron chi connectivity index (χ2n) is 5.66. The topological polar surface area (TPSA) is 59.6 Å². The molecule has 0 unspecified atom stereocenters. The predicted octanol–water partition coefficient (Wildman–Crippen LogP) is 3.76. The summed E-state index contributed by atoms with van der Waals surface area (Å²) >= 11 is 0. The first kappa shape index (κ1) is 16.7. The first-order chi connectivity index (χ1) is 10.9. The normalized spacial score (nSPS) is 10.8. The Morgan fingerprint density at radius 3 is 1.83 bits per heavy atom. The standard InChI is InChI=1S/C18H22N2O3/c1-18(2,13-5-9-15(22-3)10-6-13)20-17(21)19-14-7-11-16(23-4)12-8-14/h5-12H,1-4H3,(H2,19,20,21). The zero-order valence-electron chi connectivity index (χ0n) is 13.8. The van der Waals surface area contributed by atoms with Crippen LogP contribution >= 0.6 is 0 Å². The van der Waals surface area contributed by atoms with E-state index in [-0.39, 0.29) is 6.03 Å². The molecular weight excluding hydrogens is 292 g/mol. The fourth-order valence-electron chi connectivity index (χ4n) is 2.20. The molecule has 0 fully saturated rings. The van der Waals surface area contributed by atoms with Crippen molar-refractivity contribution in [1.29, 1.82) is 0 Å². The maximum atomic E-state index is 12.2. The first-order valence-corrected chi connectivity index (χ1v) is 7.32. The Hall–Kier alpha value is -2.69. The van der Waals surface area contributed by atoms with E-state index in [1.807, 2.05) is 38.1 Å². The molecule has 5 nitrogen and oxygen atoms in total. The molecule has 2 amide bonds. The average molecular weight is 314 g/mol. The summed E-state index contributed by atoms with van der Waals surface area (Å²) in [6, 6.07) is 14.5. The summed E-state index contributed by atoms with van der Waals surface area (Å²) in [6.45, 7) is 3.89. The van der Waals surface area contributed by atoms with Gasteiger partial charge in [0.05, 0.1) is 19.8 Å². The third-order valence-electron chi connectivity index (χ3n) is 3.59. The summed E-state index contributed by atoms with van der Waals surface area (Å²) < 4.78 is 10.2. The van der Waals surface area contributed by atoms with Gasteiger partial charge < -0.3 is 20.1 Å². The highest BCUT2D eigenvalue weighted by Gasteiger charge is 2.22. The fourth-order valence-corrected chi connectivity index (χ4v) is 2.20. The molecule has 0 bridgehead atoms. The van der Waals surface area contributed by atoms with Crippen molar-refractivity contribution in [3.05, 3.63) is 54.1 Å². The van der Waals surface area contributed by atoms with Crippen LogP contribution in [0.2, 0.25) is 0 Å². The summed E-state index contributed by atoms with van der Waals surface area (Å²) in [5, 5.41) is 5.78. The highest BCUT2D eigenvalue weighted by molar-refractivity contribution is 5.89. The quantitative estimate of drug-likeness (QED) is 0.883. The van der Waals surface area contributed by atoms with E-state index < -0.39 is 5.54 Å². The van der Waals surface area contributed by atoms with Crippen LogP contribution in [-0.4, -0.2) is 20.3 Å². The summed E-state index contributed by atoms with van der Waals surface area (Å²) in [5.41, 5.74) is 1.18. The molecule has 0 aliphatic heterocycles. The number of benzene rings is 2. The maximum Gasteiger partial charge on any atom is 0.319 e. The second kappa shape index (κ2) is 7.05. The van der Waals surface area contributed by atoms with Gasteiger partial charge >= 0.3 is 6.03 Å². The van der Waals surface area contributed by atoms with Gasteiger partial charge in [-0.2, -0.15) is 0 Å². The van der Waals surface area contributed by atoms with Gasteiger partial charge in [-0.05, 0) is 55.8 Å². The van der Waals surface area contributed by atoms with E-state index in [1.54, 1.807) is 38.5 Å². The van der Waals surface area contributed by atoms with Crippen LogP contribution < -0.4 is 20.1 Å². The number of carbonyl (C=O) groups is 1. The number of amides is 2. The molecule has 0 heterocycles. The summed E-state index contributed by atoms with van der Waals surface area (Å²) in [6.07, 6.45) is 0. The molecule has 0 saturated carbocycles. The van der Waals surface area contributed by atoms with Gasteiger partial charge in [-0.15, -0.1) is 0 Å². The van der Waals surface area contributed by atoms with Crippen molar-refractivity contribution < 1.29 is 14.3 Å². The maximum absolute atomic E-state index is 12.2. The van der Waals surface area contributed by atoms with Gasteiger partial charge in [0.15, 0.2) is 0 Å².